The van der Waals surface area contributed by atoms with Crippen molar-refractivity contribution >= 4 is 0 Å². The minimum atomic E-state index is 0.102. The zero-order valence-corrected chi connectivity index (χ0v) is 10.4. The molecule has 0 aromatic carbocycles. The Kier molecular flexibility index (Phi) is 12.1. The molecule has 17 heavy (non-hydrogen) atoms. The Bertz CT molecular complexity index is 126. The Hall–Kier alpha value is -0.200. The zero-order valence-electron chi connectivity index (χ0n) is 10.4. The molecule has 0 heterocycles. The molecule has 5 nitrogen and oxygen atoms in total. The average molecular weight is 250 g/mol. The quantitative estimate of drug-likeness (QED) is 0.384. The predicted molar refractivity (Wildman–Crippen MR) is 64.6 cm³/mol. The van der Waals surface area contributed by atoms with Gasteiger partial charge in [0.05, 0.1) is 0 Å². The molecule has 0 aromatic rings. The fraction of sp³-hybridized carbons (Fsp3) is 1.00. The van der Waals surface area contributed by atoms with Crippen LogP contribution < -0.4 is 0 Å². The normalized spacial score (nSPS) is 11.6. The summed E-state index contributed by atoms with van der Waals surface area (Å²) in [6.45, 7) is 1.42. The number of ether oxygens (including phenoxy) is 1. The number of hydrogen-bond acceptors (Lipinski definition) is 5. The molecular weight excluding hydrogens is 224 g/mol. The summed E-state index contributed by atoms with van der Waals surface area (Å²) in [5, 5.41) is 35.3. The highest BCUT2D eigenvalue weighted by Crippen LogP contribution is 2.12. The van der Waals surface area contributed by atoms with Gasteiger partial charge < -0.3 is 25.2 Å². The Balaban J connectivity index is 3.73. The molecule has 0 amide bonds. The van der Waals surface area contributed by atoms with Gasteiger partial charge >= 0.3 is 0 Å². The first-order chi connectivity index (χ1) is 8.28. The first-order valence-electron chi connectivity index (χ1n) is 6.29. The maximum Gasteiger partial charge on any atom is 0.0496 e. The molecule has 0 saturated carbocycles. The third kappa shape index (κ3) is 9.50. The van der Waals surface area contributed by atoms with Crippen molar-refractivity contribution in [1.29, 1.82) is 0 Å². The molecule has 0 spiro atoms. The molecule has 5 heteroatoms. The Labute approximate surface area is 103 Å². The number of rotatable bonds is 12. The Morgan fingerprint density at radius 3 is 1.12 bits per heavy atom. The summed E-state index contributed by atoms with van der Waals surface area (Å²) >= 11 is 0. The molecule has 0 aliphatic carbocycles. The number of aliphatic hydroxyl groups is 4. The lowest BCUT2D eigenvalue weighted by atomic mass is 10.0. The third-order valence-electron chi connectivity index (χ3n) is 2.86. The van der Waals surface area contributed by atoms with Crippen molar-refractivity contribution in [2.45, 2.75) is 25.7 Å². The van der Waals surface area contributed by atoms with Crippen LogP contribution >= 0.6 is 0 Å². The van der Waals surface area contributed by atoms with Crippen LogP contribution in [0.5, 0.6) is 0 Å². The van der Waals surface area contributed by atoms with Gasteiger partial charge in [0.2, 0.25) is 0 Å². The maximum atomic E-state index is 8.84. The van der Waals surface area contributed by atoms with Gasteiger partial charge in [0.15, 0.2) is 0 Å². The summed E-state index contributed by atoms with van der Waals surface area (Å²) < 4.78 is 5.52. The van der Waals surface area contributed by atoms with Crippen LogP contribution in [0.25, 0.3) is 0 Å². The van der Waals surface area contributed by atoms with Gasteiger partial charge in [0.1, 0.15) is 0 Å². The Morgan fingerprint density at radius 1 is 0.588 bits per heavy atom. The summed E-state index contributed by atoms with van der Waals surface area (Å²) in [7, 11) is 0. The van der Waals surface area contributed by atoms with Crippen molar-refractivity contribution in [3.63, 3.8) is 0 Å². The number of hydrogen-bond donors (Lipinski definition) is 4. The third-order valence-corrected chi connectivity index (χ3v) is 2.86. The van der Waals surface area contributed by atoms with E-state index in [0.29, 0.717) is 38.9 Å². The zero-order chi connectivity index (χ0) is 12.9. The molecular formula is C12H26O5. The standard InChI is InChI=1S/C12H26O5/c13-5-1-11(2-6-14)9-17-10-12(3-7-15)4-8-16/h11-16H,1-10H2. The van der Waals surface area contributed by atoms with Crippen molar-refractivity contribution in [2.75, 3.05) is 39.6 Å². The number of aliphatic hydroxyl groups excluding tert-OH is 4. The van der Waals surface area contributed by atoms with Gasteiger partial charge in [-0.3, -0.25) is 0 Å². The van der Waals surface area contributed by atoms with E-state index in [1.807, 2.05) is 0 Å². The SMILES string of the molecule is OCCC(CCO)COCC(CCO)CCO. The highest BCUT2D eigenvalue weighted by Gasteiger charge is 2.11. The van der Waals surface area contributed by atoms with Gasteiger partial charge in [-0.1, -0.05) is 0 Å². The summed E-state index contributed by atoms with van der Waals surface area (Å²) in [4.78, 5) is 0. The summed E-state index contributed by atoms with van der Waals surface area (Å²) in [6, 6.07) is 0. The lowest BCUT2D eigenvalue weighted by Crippen LogP contribution is -2.18. The molecule has 0 unspecified atom stereocenters. The van der Waals surface area contributed by atoms with Crippen LogP contribution in [-0.2, 0) is 4.74 Å². The van der Waals surface area contributed by atoms with Gasteiger partial charge in [-0.15, -0.1) is 0 Å². The van der Waals surface area contributed by atoms with Gasteiger partial charge in [-0.05, 0) is 37.5 Å². The van der Waals surface area contributed by atoms with E-state index in [1.165, 1.54) is 0 Å². The van der Waals surface area contributed by atoms with E-state index < -0.39 is 0 Å². The molecule has 0 fully saturated rings. The van der Waals surface area contributed by atoms with E-state index in [4.69, 9.17) is 25.2 Å². The minimum absolute atomic E-state index is 0.102. The average Bonchev–Trinajstić information content (AvgIpc) is 2.30. The van der Waals surface area contributed by atoms with Crippen molar-refractivity contribution in [3.05, 3.63) is 0 Å². The van der Waals surface area contributed by atoms with Gasteiger partial charge in [0, 0.05) is 39.6 Å². The molecule has 0 rings (SSSR count). The van der Waals surface area contributed by atoms with Gasteiger partial charge in [-0.2, -0.15) is 0 Å². The smallest absolute Gasteiger partial charge is 0.0496 e. The van der Waals surface area contributed by atoms with Gasteiger partial charge in [0.25, 0.3) is 0 Å². The fourth-order valence-corrected chi connectivity index (χ4v) is 1.75. The highest BCUT2D eigenvalue weighted by atomic mass is 16.5. The highest BCUT2D eigenvalue weighted by molar-refractivity contribution is 4.60. The van der Waals surface area contributed by atoms with E-state index in [0.717, 1.165) is 0 Å². The molecule has 4 N–H and O–H groups in total. The second-order valence-electron chi connectivity index (χ2n) is 4.32. The van der Waals surface area contributed by atoms with Crippen molar-refractivity contribution < 1.29 is 25.2 Å². The first-order valence-corrected chi connectivity index (χ1v) is 6.29. The largest absolute Gasteiger partial charge is 0.396 e. The second-order valence-corrected chi connectivity index (χ2v) is 4.32. The van der Waals surface area contributed by atoms with Crippen LogP contribution in [0.3, 0.4) is 0 Å². The van der Waals surface area contributed by atoms with E-state index in [1.54, 1.807) is 0 Å². The van der Waals surface area contributed by atoms with E-state index in [-0.39, 0.29) is 38.3 Å². The summed E-state index contributed by atoms with van der Waals surface area (Å²) in [6.07, 6.45) is 2.52. The Morgan fingerprint density at radius 2 is 0.882 bits per heavy atom. The molecule has 0 bridgehead atoms. The van der Waals surface area contributed by atoms with Crippen LogP contribution in [-0.4, -0.2) is 60.1 Å². The molecule has 0 saturated heterocycles. The van der Waals surface area contributed by atoms with Crippen molar-refractivity contribution in [3.8, 4) is 0 Å². The van der Waals surface area contributed by atoms with Gasteiger partial charge in [-0.25, -0.2) is 0 Å². The van der Waals surface area contributed by atoms with Crippen LogP contribution in [0.4, 0.5) is 0 Å². The second kappa shape index (κ2) is 12.3. The molecule has 104 valence electrons. The molecule has 0 aromatic heterocycles. The van der Waals surface area contributed by atoms with Crippen LogP contribution in [0.1, 0.15) is 25.7 Å². The van der Waals surface area contributed by atoms with E-state index >= 15 is 0 Å². The predicted octanol–water partition coefficient (Wildman–Crippen LogP) is -0.235. The minimum Gasteiger partial charge on any atom is -0.396 e. The van der Waals surface area contributed by atoms with E-state index in [9.17, 15) is 0 Å². The molecule has 0 radical (unpaired) electrons. The monoisotopic (exact) mass is 250 g/mol. The van der Waals surface area contributed by atoms with Crippen molar-refractivity contribution in [2.24, 2.45) is 11.8 Å². The van der Waals surface area contributed by atoms with E-state index in [2.05, 4.69) is 0 Å². The molecule has 0 atom stereocenters. The van der Waals surface area contributed by atoms with Crippen LogP contribution in [0.15, 0.2) is 0 Å². The topological polar surface area (TPSA) is 90.2 Å². The first kappa shape index (κ1) is 16.8. The fourth-order valence-electron chi connectivity index (χ4n) is 1.75. The lowest BCUT2D eigenvalue weighted by molar-refractivity contribution is 0.0423. The van der Waals surface area contributed by atoms with Crippen LogP contribution in [0.2, 0.25) is 0 Å². The lowest BCUT2D eigenvalue weighted by Gasteiger charge is -2.18. The van der Waals surface area contributed by atoms with Crippen molar-refractivity contribution in [1.82, 2.24) is 0 Å². The molecule has 0 aliphatic heterocycles. The summed E-state index contributed by atoms with van der Waals surface area (Å²) in [5.74, 6) is 0.350. The maximum absolute atomic E-state index is 8.84. The van der Waals surface area contributed by atoms with Crippen LogP contribution in [0, 0.1) is 11.8 Å². The summed E-state index contributed by atoms with van der Waals surface area (Å²) in [5.41, 5.74) is 0. The molecule has 0 aliphatic rings.